The maximum absolute atomic E-state index is 5.67. The minimum atomic E-state index is 0.464. The average molecular weight is 295 g/mol. The van der Waals surface area contributed by atoms with Gasteiger partial charge in [0.25, 0.3) is 0 Å². The van der Waals surface area contributed by atoms with E-state index >= 15 is 0 Å². The zero-order valence-electron chi connectivity index (χ0n) is 11.8. The van der Waals surface area contributed by atoms with Gasteiger partial charge in [-0.1, -0.05) is 0 Å². The first-order valence-corrected chi connectivity index (χ1v) is 8.37. The van der Waals surface area contributed by atoms with Gasteiger partial charge in [0.2, 0.25) is 0 Å². The molecule has 0 aromatic heterocycles. The molecule has 2 aliphatic heterocycles. The molecule has 0 amide bonds. The van der Waals surface area contributed by atoms with Gasteiger partial charge in [-0.3, -0.25) is 0 Å². The van der Waals surface area contributed by atoms with Gasteiger partial charge in [0.1, 0.15) is 13.2 Å². The molecule has 0 bridgehead atoms. The summed E-state index contributed by atoms with van der Waals surface area (Å²) in [6, 6.07) is 4.66. The number of ether oxygens (including phenoxy) is 3. The van der Waals surface area contributed by atoms with E-state index < -0.39 is 0 Å². The smallest absolute Gasteiger partial charge is 0.162 e. The van der Waals surface area contributed by atoms with Crippen molar-refractivity contribution in [3.05, 3.63) is 17.7 Å². The monoisotopic (exact) mass is 295 g/mol. The third-order valence-corrected chi connectivity index (χ3v) is 4.51. The lowest BCUT2D eigenvalue weighted by Crippen LogP contribution is -2.36. The largest absolute Gasteiger partial charge is 0.486 e. The quantitative estimate of drug-likeness (QED) is 0.864. The van der Waals surface area contributed by atoms with Crippen molar-refractivity contribution in [2.75, 3.05) is 32.7 Å². The van der Waals surface area contributed by atoms with Gasteiger partial charge in [-0.25, -0.2) is 0 Å². The zero-order valence-corrected chi connectivity index (χ0v) is 12.6. The van der Waals surface area contributed by atoms with Gasteiger partial charge in [0.15, 0.2) is 11.5 Å². The second-order valence-corrected chi connectivity index (χ2v) is 5.95. The fourth-order valence-electron chi connectivity index (χ4n) is 2.60. The summed E-state index contributed by atoms with van der Waals surface area (Å²) >= 11 is 1.75. The summed E-state index contributed by atoms with van der Waals surface area (Å²) in [7, 11) is 0. The van der Waals surface area contributed by atoms with Crippen molar-refractivity contribution < 1.29 is 14.2 Å². The van der Waals surface area contributed by atoms with Gasteiger partial charge in [-0.2, -0.15) is 0 Å². The van der Waals surface area contributed by atoms with Gasteiger partial charge in [0, 0.05) is 24.1 Å². The van der Waals surface area contributed by atoms with Crippen LogP contribution in [0, 0.1) is 0 Å². The van der Waals surface area contributed by atoms with E-state index in [0.717, 1.165) is 37.7 Å². The second kappa shape index (κ2) is 6.70. The van der Waals surface area contributed by atoms with Gasteiger partial charge in [-0.05, 0) is 36.8 Å². The predicted octanol–water partition coefficient (Wildman–Crippen LogP) is 2.45. The molecule has 1 aromatic rings. The van der Waals surface area contributed by atoms with Crippen LogP contribution < -0.4 is 14.8 Å². The van der Waals surface area contributed by atoms with E-state index in [1.807, 2.05) is 0 Å². The van der Waals surface area contributed by atoms with Crippen LogP contribution in [-0.2, 0) is 11.3 Å². The highest BCUT2D eigenvalue weighted by Gasteiger charge is 2.17. The summed E-state index contributed by atoms with van der Waals surface area (Å²) < 4.78 is 16.8. The number of rotatable bonds is 4. The van der Waals surface area contributed by atoms with Crippen LogP contribution in [-0.4, -0.2) is 38.7 Å². The molecule has 1 aromatic carbocycles. The maximum Gasteiger partial charge on any atom is 0.162 e. The molecule has 1 N–H and O–H groups in total. The first-order chi connectivity index (χ1) is 9.86. The van der Waals surface area contributed by atoms with Crippen molar-refractivity contribution in [1.29, 1.82) is 0 Å². The standard InChI is InChI=1S/C15H21NO3S/c1-20-15-8-14-13(18-5-6-19-14)7-11(15)9-16-12-3-2-4-17-10-12/h7-8,12,16H,2-6,9-10H2,1H3. The third-order valence-electron chi connectivity index (χ3n) is 3.69. The van der Waals surface area contributed by atoms with Crippen molar-refractivity contribution in [2.45, 2.75) is 30.3 Å². The van der Waals surface area contributed by atoms with Crippen LogP contribution in [0.15, 0.2) is 17.0 Å². The molecule has 110 valence electrons. The Balaban J connectivity index is 1.70. The molecule has 4 nitrogen and oxygen atoms in total. The summed E-state index contributed by atoms with van der Waals surface area (Å²) in [4.78, 5) is 1.25. The van der Waals surface area contributed by atoms with E-state index in [9.17, 15) is 0 Å². The topological polar surface area (TPSA) is 39.7 Å². The molecule has 0 radical (unpaired) electrons. The molecule has 1 atom stereocenters. The van der Waals surface area contributed by atoms with Crippen molar-refractivity contribution >= 4 is 11.8 Å². The van der Waals surface area contributed by atoms with Crippen LogP contribution >= 0.6 is 11.8 Å². The molecular weight excluding hydrogens is 274 g/mol. The van der Waals surface area contributed by atoms with Crippen molar-refractivity contribution in [3.63, 3.8) is 0 Å². The number of benzene rings is 1. The lowest BCUT2D eigenvalue weighted by atomic mass is 10.1. The molecule has 2 aliphatic rings. The molecule has 20 heavy (non-hydrogen) atoms. The summed E-state index contributed by atoms with van der Waals surface area (Å²) in [5.74, 6) is 1.73. The number of nitrogens with one attached hydrogen (secondary N) is 1. The van der Waals surface area contributed by atoms with E-state index in [4.69, 9.17) is 14.2 Å². The Morgan fingerprint density at radius 3 is 2.70 bits per heavy atom. The Morgan fingerprint density at radius 2 is 2.00 bits per heavy atom. The van der Waals surface area contributed by atoms with Gasteiger partial charge in [-0.15, -0.1) is 11.8 Å². The van der Waals surface area contributed by atoms with E-state index in [-0.39, 0.29) is 0 Å². The fourth-order valence-corrected chi connectivity index (χ4v) is 3.21. The number of fused-ring (bicyclic) bond motifs is 1. The Morgan fingerprint density at radius 1 is 1.20 bits per heavy atom. The zero-order chi connectivity index (χ0) is 13.8. The first-order valence-electron chi connectivity index (χ1n) is 7.14. The lowest BCUT2D eigenvalue weighted by molar-refractivity contribution is 0.0698. The Labute approximate surface area is 124 Å². The minimum Gasteiger partial charge on any atom is -0.486 e. The van der Waals surface area contributed by atoms with E-state index in [1.54, 1.807) is 11.8 Å². The van der Waals surface area contributed by atoms with Crippen LogP contribution in [0.1, 0.15) is 18.4 Å². The number of hydrogen-bond acceptors (Lipinski definition) is 5. The van der Waals surface area contributed by atoms with E-state index in [1.165, 1.54) is 16.9 Å². The van der Waals surface area contributed by atoms with E-state index in [2.05, 4.69) is 23.7 Å². The third kappa shape index (κ3) is 3.22. The summed E-state index contributed by atoms with van der Waals surface area (Å²) in [6.45, 7) is 3.84. The fraction of sp³-hybridized carbons (Fsp3) is 0.600. The first kappa shape index (κ1) is 14.0. The number of thioether (sulfide) groups is 1. The summed E-state index contributed by atoms with van der Waals surface area (Å²) in [5.41, 5.74) is 1.27. The second-order valence-electron chi connectivity index (χ2n) is 5.10. The highest BCUT2D eigenvalue weighted by atomic mass is 32.2. The molecule has 3 rings (SSSR count). The minimum absolute atomic E-state index is 0.464. The molecule has 0 spiro atoms. The van der Waals surface area contributed by atoms with Crippen LogP contribution in [0.25, 0.3) is 0 Å². The Kier molecular flexibility index (Phi) is 4.70. The van der Waals surface area contributed by atoms with Crippen LogP contribution in [0.4, 0.5) is 0 Å². The maximum atomic E-state index is 5.67. The molecule has 0 aliphatic carbocycles. The Bertz CT molecular complexity index is 461. The highest BCUT2D eigenvalue weighted by molar-refractivity contribution is 7.98. The van der Waals surface area contributed by atoms with Crippen LogP contribution in [0.3, 0.4) is 0 Å². The van der Waals surface area contributed by atoms with Crippen molar-refractivity contribution in [2.24, 2.45) is 0 Å². The summed E-state index contributed by atoms with van der Waals surface area (Å²) in [5, 5.41) is 3.58. The van der Waals surface area contributed by atoms with Gasteiger partial charge >= 0.3 is 0 Å². The molecule has 1 saturated heterocycles. The molecular formula is C15H21NO3S. The molecule has 0 saturated carbocycles. The molecule has 2 heterocycles. The van der Waals surface area contributed by atoms with Crippen molar-refractivity contribution in [1.82, 2.24) is 5.32 Å². The predicted molar refractivity (Wildman–Crippen MR) is 79.9 cm³/mol. The summed E-state index contributed by atoms with van der Waals surface area (Å²) in [6.07, 6.45) is 4.44. The van der Waals surface area contributed by atoms with E-state index in [0.29, 0.717) is 19.3 Å². The SMILES string of the molecule is CSc1cc2c(cc1CNC1CCCOC1)OCCO2. The van der Waals surface area contributed by atoms with Crippen LogP contribution in [0.5, 0.6) is 11.5 Å². The highest BCUT2D eigenvalue weighted by Crippen LogP contribution is 2.36. The van der Waals surface area contributed by atoms with Gasteiger partial charge in [0.05, 0.1) is 6.61 Å². The average Bonchev–Trinajstić information content (AvgIpc) is 2.53. The molecule has 5 heteroatoms. The van der Waals surface area contributed by atoms with Gasteiger partial charge < -0.3 is 19.5 Å². The van der Waals surface area contributed by atoms with Crippen molar-refractivity contribution in [3.8, 4) is 11.5 Å². The normalized spacial score (nSPS) is 21.8. The molecule has 1 unspecified atom stereocenters. The molecule has 1 fully saturated rings. The lowest BCUT2D eigenvalue weighted by Gasteiger charge is -2.25. The Hall–Kier alpha value is -0.910. The van der Waals surface area contributed by atoms with Crippen LogP contribution in [0.2, 0.25) is 0 Å². The number of hydrogen-bond donors (Lipinski definition) is 1.